The SMILES string of the molecule is CCCCOC(=O)N1CCCC2C1CC(COS(=O)(=O)c1ccc(C)cc1)N2C(=O)OC(C)(C)C. The summed E-state index contributed by atoms with van der Waals surface area (Å²) in [5.41, 5.74) is 0.216. The molecule has 196 valence electrons. The van der Waals surface area contributed by atoms with E-state index >= 15 is 0 Å². The van der Waals surface area contributed by atoms with E-state index < -0.39 is 33.9 Å². The molecule has 0 spiro atoms. The van der Waals surface area contributed by atoms with Crippen LogP contribution in [0.15, 0.2) is 29.2 Å². The Hall–Kier alpha value is -2.33. The van der Waals surface area contributed by atoms with Gasteiger partial charge in [0.2, 0.25) is 0 Å². The van der Waals surface area contributed by atoms with E-state index in [9.17, 15) is 18.0 Å². The Balaban J connectivity index is 1.80. The Morgan fingerprint density at radius 2 is 1.77 bits per heavy atom. The fourth-order valence-electron chi connectivity index (χ4n) is 4.61. The fraction of sp³-hybridized carbons (Fsp3) is 0.680. The van der Waals surface area contributed by atoms with Gasteiger partial charge in [0.25, 0.3) is 10.1 Å². The Kier molecular flexibility index (Phi) is 8.69. The van der Waals surface area contributed by atoms with Gasteiger partial charge in [0, 0.05) is 6.54 Å². The number of amides is 2. The molecule has 2 fully saturated rings. The van der Waals surface area contributed by atoms with Crippen molar-refractivity contribution in [3.63, 3.8) is 0 Å². The third-order valence-electron chi connectivity index (χ3n) is 6.30. The lowest BCUT2D eigenvalue weighted by atomic mass is 9.97. The second-order valence-electron chi connectivity index (χ2n) is 10.3. The highest BCUT2D eigenvalue weighted by Crippen LogP contribution is 2.37. The van der Waals surface area contributed by atoms with Crippen molar-refractivity contribution in [3.05, 3.63) is 29.8 Å². The van der Waals surface area contributed by atoms with Crippen molar-refractivity contribution < 1.29 is 31.7 Å². The Morgan fingerprint density at radius 3 is 2.40 bits per heavy atom. The highest BCUT2D eigenvalue weighted by Gasteiger charge is 2.50. The quantitative estimate of drug-likeness (QED) is 0.394. The van der Waals surface area contributed by atoms with Crippen LogP contribution >= 0.6 is 0 Å². The summed E-state index contributed by atoms with van der Waals surface area (Å²) in [7, 11) is -4.01. The molecule has 2 aliphatic rings. The monoisotopic (exact) mass is 510 g/mol. The number of rotatable bonds is 7. The molecule has 2 amide bonds. The Bertz CT molecular complexity index is 988. The average molecular weight is 511 g/mol. The van der Waals surface area contributed by atoms with Gasteiger partial charge in [0.05, 0.1) is 36.2 Å². The lowest BCUT2D eigenvalue weighted by Crippen LogP contribution is -2.54. The Morgan fingerprint density at radius 1 is 1.09 bits per heavy atom. The van der Waals surface area contributed by atoms with Gasteiger partial charge >= 0.3 is 12.2 Å². The number of likely N-dealkylation sites (tertiary alicyclic amines) is 2. The van der Waals surface area contributed by atoms with Crippen molar-refractivity contribution >= 4 is 22.3 Å². The van der Waals surface area contributed by atoms with Crippen molar-refractivity contribution in [2.24, 2.45) is 0 Å². The minimum Gasteiger partial charge on any atom is -0.449 e. The van der Waals surface area contributed by atoms with Gasteiger partial charge in [0.1, 0.15) is 5.60 Å². The molecule has 0 N–H and O–H groups in total. The number of benzene rings is 1. The van der Waals surface area contributed by atoms with Gasteiger partial charge in [-0.25, -0.2) is 9.59 Å². The molecule has 2 aliphatic heterocycles. The first kappa shape index (κ1) is 27.3. The number of hydrogen-bond donors (Lipinski definition) is 0. The van der Waals surface area contributed by atoms with Gasteiger partial charge in [-0.1, -0.05) is 31.0 Å². The van der Waals surface area contributed by atoms with E-state index in [2.05, 4.69) is 0 Å². The van der Waals surface area contributed by atoms with E-state index in [1.807, 2.05) is 13.8 Å². The standard InChI is InChI=1S/C25H38N2O7S/c1-6-7-15-32-23(28)26-14-8-9-21-22(26)16-19(27(21)24(29)34-25(3,4)5)17-33-35(30,31)20-12-10-18(2)11-13-20/h10-13,19,21-22H,6-9,14-17H2,1-5H3. The van der Waals surface area contributed by atoms with E-state index in [1.165, 1.54) is 12.1 Å². The van der Waals surface area contributed by atoms with Crippen LogP contribution in [0.2, 0.25) is 0 Å². The van der Waals surface area contributed by atoms with Crippen molar-refractivity contribution in [2.75, 3.05) is 19.8 Å². The van der Waals surface area contributed by atoms with E-state index in [-0.39, 0.29) is 23.6 Å². The minimum atomic E-state index is -4.01. The molecular formula is C25H38N2O7S. The van der Waals surface area contributed by atoms with Crippen LogP contribution < -0.4 is 0 Å². The first-order chi connectivity index (χ1) is 16.4. The van der Waals surface area contributed by atoms with Crippen molar-refractivity contribution in [1.82, 2.24) is 9.80 Å². The summed E-state index contributed by atoms with van der Waals surface area (Å²) in [6.07, 6.45) is 2.54. The van der Waals surface area contributed by atoms with E-state index in [1.54, 1.807) is 42.7 Å². The summed E-state index contributed by atoms with van der Waals surface area (Å²) in [6, 6.07) is 5.25. The van der Waals surface area contributed by atoms with Gasteiger partial charge in [-0.2, -0.15) is 8.42 Å². The van der Waals surface area contributed by atoms with Crippen LogP contribution in [-0.2, 0) is 23.8 Å². The highest BCUT2D eigenvalue weighted by atomic mass is 32.2. The molecule has 1 aromatic rings. The van der Waals surface area contributed by atoms with E-state index in [0.717, 1.165) is 18.4 Å². The molecule has 1 aromatic carbocycles. The van der Waals surface area contributed by atoms with Gasteiger partial charge in [-0.05, 0) is 65.5 Å². The maximum atomic E-state index is 13.2. The number of nitrogens with zero attached hydrogens (tertiary/aromatic N) is 2. The second kappa shape index (κ2) is 11.2. The number of hydrogen-bond acceptors (Lipinski definition) is 7. The molecule has 3 rings (SSSR count). The summed E-state index contributed by atoms with van der Waals surface area (Å²) in [5.74, 6) is 0. The third-order valence-corrected chi connectivity index (χ3v) is 7.59. The van der Waals surface area contributed by atoms with Crippen molar-refractivity contribution in [3.8, 4) is 0 Å². The van der Waals surface area contributed by atoms with Crippen LogP contribution in [0.25, 0.3) is 0 Å². The first-order valence-corrected chi connectivity index (χ1v) is 13.7. The number of carbonyl (C=O) groups is 2. The van der Waals surface area contributed by atoms with Crippen molar-refractivity contribution in [2.45, 2.75) is 95.3 Å². The molecular weight excluding hydrogens is 472 g/mol. The minimum absolute atomic E-state index is 0.0588. The number of piperidine rings is 1. The Labute approximate surface area is 208 Å². The predicted octanol–water partition coefficient (Wildman–Crippen LogP) is 4.48. The number of ether oxygens (including phenoxy) is 2. The van der Waals surface area contributed by atoms with E-state index in [0.29, 0.717) is 32.4 Å². The number of fused-ring (bicyclic) bond motifs is 1. The lowest BCUT2D eigenvalue weighted by molar-refractivity contribution is 0.00125. The summed E-state index contributed by atoms with van der Waals surface area (Å²) in [4.78, 5) is 29.3. The van der Waals surface area contributed by atoms with Crippen LogP contribution in [0.3, 0.4) is 0 Å². The second-order valence-corrected chi connectivity index (χ2v) is 11.9. The lowest BCUT2D eigenvalue weighted by Gasteiger charge is -2.39. The molecule has 3 unspecified atom stereocenters. The molecule has 2 heterocycles. The van der Waals surface area contributed by atoms with Crippen LogP contribution in [0.5, 0.6) is 0 Å². The third kappa shape index (κ3) is 6.88. The summed E-state index contributed by atoms with van der Waals surface area (Å²) in [5, 5.41) is 0. The molecule has 0 radical (unpaired) electrons. The maximum Gasteiger partial charge on any atom is 0.410 e. The zero-order valence-electron chi connectivity index (χ0n) is 21.4. The van der Waals surface area contributed by atoms with Gasteiger partial charge in [0.15, 0.2) is 0 Å². The maximum absolute atomic E-state index is 13.2. The molecule has 0 aromatic heterocycles. The molecule has 35 heavy (non-hydrogen) atoms. The largest absolute Gasteiger partial charge is 0.449 e. The van der Waals surface area contributed by atoms with Crippen LogP contribution in [0.4, 0.5) is 9.59 Å². The van der Waals surface area contributed by atoms with Crippen molar-refractivity contribution in [1.29, 1.82) is 0 Å². The molecule has 0 bridgehead atoms. The van der Waals surface area contributed by atoms with Crippen LogP contribution in [-0.4, -0.2) is 73.9 Å². The normalized spacial score (nSPS) is 22.6. The predicted molar refractivity (Wildman–Crippen MR) is 131 cm³/mol. The molecule has 0 saturated carbocycles. The van der Waals surface area contributed by atoms with E-state index in [4.69, 9.17) is 13.7 Å². The smallest absolute Gasteiger partial charge is 0.410 e. The average Bonchev–Trinajstić information content (AvgIpc) is 3.16. The number of carbonyl (C=O) groups excluding carboxylic acids is 2. The molecule has 2 saturated heterocycles. The van der Waals surface area contributed by atoms with Crippen LogP contribution in [0.1, 0.15) is 65.4 Å². The summed E-state index contributed by atoms with van der Waals surface area (Å²) >= 11 is 0. The number of unbranched alkanes of at least 4 members (excludes halogenated alkanes) is 1. The topological polar surface area (TPSA) is 102 Å². The van der Waals surface area contributed by atoms with Gasteiger partial charge < -0.3 is 14.4 Å². The zero-order chi connectivity index (χ0) is 25.8. The first-order valence-electron chi connectivity index (χ1n) is 12.3. The fourth-order valence-corrected chi connectivity index (χ4v) is 5.55. The van der Waals surface area contributed by atoms with Gasteiger partial charge in [-0.15, -0.1) is 0 Å². The number of aryl methyl sites for hydroxylation is 1. The summed E-state index contributed by atoms with van der Waals surface area (Å²) in [6.45, 7) is 9.90. The molecule has 0 aliphatic carbocycles. The van der Waals surface area contributed by atoms with Crippen LogP contribution in [0, 0.1) is 6.92 Å². The molecule has 3 atom stereocenters. The molecule has 10 heteroatoms. The highest BCUT2D eigenvalue weighted by molar-refractivity contribution is 7.86. The zero-order valence-corrected chi connectivity index (χ0v) is 22.2. The molecule has 9 nitrogen and oxygen atoms in total. The van der Waals surface area contributed by atoms with Gasteiger partial charge in [-0.3, -0.25) is 9.08 Å². The summed E-state index contributed by atoms with van der Waals surface area (Å²) < 4.78 is 42.1.